The van der Waals surface area contributed by atoms with Crippen molar-refractivity contribution in [3.05, 3.63) is 119 Å². The molecule has 4 aromatic rings. The monoisotopic (exact) mass is 790 g/mol. The lowest BCUT2D eigenvalue weighted by atomic mass is 9.68. The van der Waals surface area contributed by atoms with Crippen molar-refractivity contribution in [3.8, 4) is 22.6 Å². The molecule has 4 aromatic carbocycles. The number of ether oxygens (including phenoxy) is 8. The van der Waals surface area contributed by atoms with Gasteiger partial charge in [0.15, 0.2) is 0 Å². The zero-order chi connectivity index (χ0) is 36.3. The molecule has 8 nitrogen and oxygen atoms in total. The van der Waals surface area contributed by atoms with Crippen molar-refractivity contribution in [2.24, 2.45) is 0 Å². The molecule has 2 atom stereocenters. The maximum atomic E-state index is 6.07. The summed E-state index contributed by atoms with van der Waals surface area (Å²) in [5.74, 6) is 3.27. The lowest BCUT2D eigenvalue weighted by Gasteiger charge is -2.34. The van der Waals surface area contributed by atoms with Gasteiger partial charge in [-0.15, -0.1) is 0 Å². The maximum Gasteiger partial charge on any atom is 0.220 e. The minimum absolute atomic E-state index is 0.0354. The van der Waals surface area contributed by atoms with E-state index in [-0.39, 0.29) is 12.2 Å². The Labute approximate surface area is 330 Å². The molecule has 7 rings (SSSR count). The molecule has 2 fully saturated rings. The minimum atomic E-state index is -0.517. The summed E-state index contributed by atoms with van der Waals surface area (Å²) in [5.41, 5.74) is 6.77. The predicted molar refractivity (Wildman–Crippen MR) is 218 cm³/mol. The first-order valence-corrected chi connectivity index (χ1v) is 20.5. The molecule has 3 aliphatic rings. The van der Waals surface area contributed by atoms with Crippen LogP contribution < -0.4 is 9.47 Å². The van der Waals surface area contributed by atoms with Gasteiger partial charge in [0, 0.05) is 11.5 Å². The van der Waals surface area contributed by atoms with Gasteiger partial charge in [-0.05, 0) is 82.1 Å². The van der Waals surface area contributed by atoms with Crippen LogP contribution >= 0.6 is 48.0 Å². The third-order valence-electron chi connectivity index (χ3n) is 9.17. The second-order valence-electron chi connectivity index (χ2n) is 12.6. The quantitative estimate of drug-likeness (QED) is 0.0573. The topological polar surface area (TPSA) is 73.8 Å². The largest absolute Gasteiger partial charge is 0.491 e. The van der Waals surface area contributed by atoms with Gasteiger partial charge in [0.1, 0.15) is 36.9 Å². The molecule has 0 spiro atoms. The van der Waals surface area contributed by atoms with Crippen LogP contribution in [0.1, 0.15) is 22.3 Å². The van der Waals surface area contributed by atoms with E-state index in [1.165, 1.54) is 22.3 Å². The number of hydrogen-bond acceptors (Lipinski definition) is 12. The van der Waals surface area contributed by atoms with E-state index in [9.17, 15) is 0 Å². The van der Waals surface area contributed by atoms with Gasteiger partial charge in [0.05, 0.1) is 58.3 Å². The Morgan fingerprint density at radius 2 is 0.906 bits per heavy atom. The number of thioether (sulfide) groups is 2. The van der Waals surface area contributed by atoms with Gasteiger partial charge in [-0.2, -0.15) is 0 Å². The van der Waals surface area contributed by atoms with Crippen molar-refractivity contribution in [3.63, 3.8) is 0 Å². The Balaban J connectivity index is 0.952. The van der Waals surface area contributed by atoms with E-state index < -0.39 is 5.41 Å². The zero-order valence-electron chi connectivity index (χ0n) is 29.3. The number of hydrogen-bond donors (Lipinski definition) is 0. The second-order valence-corrected chi connectivity index (χ2v) is 15.8. The van der Waals surface area contributed by atoms with Gasteiger partial charge < -0.3 is 37.9 Å². The number of rotatable bonds is 20. The highest BCUT2D eigenvalue weighted by Gasteiger charge is 2.45. The van der Waals surface area contributed by atoms with Crippen molar-refractivity contribution < 1.29 is 37.9 Å². The Morgan fingerprint density at radius 3 is 1.32 bits per heavy atom. The van der Waals surface area contributed by atoms with Crippen LogP contribution in [0.3, 0.4) is 0 Å². The summed E-state index contributed by atoms with van der Waals surface area (Å²) in [5, 5.41) is 0. The lowest BCUT2D eigenvalue weighted by Crippen LogP contribution is -2.28. The molecule has 2 heterocycles. The van der Waals surface area contributed by atoms with Crippen molar-refractivity contribution in [1.29, 1.82) is 0 Å². The SMILES string of the molecule is S=C1OC(COCCOCCOc2ccc(C3(c4ccc(OCCOCCOCC5CSC(=S)O5)cc4)c4ccccc4-c4ccccc43)cc2)CS1. The highest BCUT2D eigenvalue weighted by molar-refractivity contribution is 8.23. The summed E-state index contributed by atoms with van der Waals surface area (Å²) in [6.45, 7) is 4.86. The third-order valence-corrected chi connectivity index (χ3v) is 11.8. The van der Waals surface area contributed by atoms with E-state index in [0.29, 0.717) is 74.8 Å². The molecule has 0 saturated carbocycles. The van der Waals surface area contributed by atoms with Gasteiger partial charge >= 0.3 is 0 Å². The average Bonchev–Trinajstić information content (AvgIpc) is 3.89. The molecule has 2 unspecified atom stereocenters. The summed E-state index contributed by atoms with van der Waals surface area (Å²) in [7, 11) is 0. The third kappa shape index (κ3) is 9.37. The fourth-order valence-corrected chi connectivity index (χ4v) is 8.89. The number of thiocarbonyl (C=S) groups is 2. The fraction of sp³-hybridized carbons (Fsp3) is 0.366. The first-order chi connectivity index (χ1) is 26.1. The molecule has 0 amide bonds. The van der Waals surface area contributed by atoms with E-state index in [2.05, 4.69) is 72.8 Å². The molecule has 2 aliphatic heterocycles. The predicted octanol–water partition coefficient (Wildman–Crippen LogP) is 7.71. The van der Waals surface area contributed by atoms with Crippen molar-refractivity contribution in [2.75, 3.05) is 77.6 Å². The zero-order valence-corrected chi connectivity index (χ0v) is 32.5. The fourth-order valence-electron chi connectivity index (χ4n) is 6.83. The van der Waals surface area contributed by atoms with Crippen molar-refractivity contribution in [1.82, 2.24) is 0 Å². The second kappa shape index (κ2) is 18.9. The molecule has 2 saturated heterocycles. The van der Waals surface area contributed by atoms with Crippen LogP contribution in [0.4, 0.5) is 0 Å². The first-order valence-electron chi connectivity index (χ1n) is 17.7. The van der Waals surface area contributed by atoms with E-state index >= 15 is 0 Å². The van der Waals surface area contributed by atoms with Crippen LogP contribution in [0.15, 0.2) is 97.1 Å². The molecule has 0 N–H and O–H groups in total. The Kier molecular flexibility index (Phi) is 13.6. The van der Waals surface area contributed by atoms with Crippen LogP contribution in [0.2, 0.25) is 0 Å². The van der Waals surface area contributed by atoms with Gasteiger partial charge in [0.25, 0.3) is 0 Å². The molecule has 12 heteroatoms. The van der Waals surface area contributed by atoms with Crippen LogP contribution in [0, 0.1) is 0 Å². The number of fused-ring (bicyclic) bond motifs is 3. The number of benzene rings is 4. The van der Waals surface area contributed by atoms with Crippen molar-refractivity contribution >= 4 is 56.7 Å². The highest BCUT2D eigenvalue weighted by atomic mass is 32.2. The minimum Gasteiger partial charge on any atom is -0.491 e. The van der Waals surface area contributed by atoms with Gasteiger partial charge in [-0.25, -0.2) is 0 Å². The standard InChI is InChI=1S/C41H42O8S4/c50-39-48-33(27-52-39)25-44-19-17-42-21-23-46-31-13-9-29(10-14-31)41(37-7-3-1-5-35(37)36-6-2-4-8-38(36)41)30-11-15-32(16-12-30)47-24-22-43-18-20-45-26-34-28-53-40(51)49-34/h1-16,33-34H,17-28H2. The van der Waals surface area contributed by atoms with E-state index in [1.54, 1.807) is 23.5 Å². The summed E-state index contributed by atoms with van der Waals surface area (Å²) in [6.07, 6.45) is 0.0708. The van der Waals surface area contributed by atoms with Crippen LogP contribution in [-0.4, -0.2) is 98.5 Å². The van der Waals surface area contributed by atoms with Gasteiger partial charge in [0.2, 0.25) is 8.77 Å². The first kappa shape index (κ1) is 38.1. The average molecular weight is 791 g/mol. The van der Waals surface area contributed by atoms with Crippen LogP contribution in [0.5, 0.6) is 11.5 Å². The molecule has 0 bridgehead atoms. The summed E-state index contributed by atoms with van der Waals surface area (Å²) >= 11 is 13.2. The van der Waals surface area contributed by atoms with E-state index in [0.717, 1.165) is 34.1 Å². The lowest BCUT2D eigenvalue weighted by molar-refractivity contribution is 0.0119. The van der Waals surface area contributed by atoms with Gasteiger partial charge in [-0.1, -0.05) is 96.3 Å². The molecule has 0 aromatic heterocycles. The summed E-state index contributed by atoms with van der Waals surface area (Å²) < 4.78 is 47.1. The Hall–Kier alpha value is -3.20. The van der Waals surface area contributed by atoms with Crippen LogP contribution in [0.25, 0.3) is 11.1 Å². The maximum absolute atomic E-state index is 6.07. The summed E-state index contributed by atoms with van der Waals surface area (Å²) in [4.78, 5) is 0. The van der Waals surface area contributed by atoms with Gasteiger partial charge in [-0.3, -0.25) is 0 Å². The van der Waals surface area contributed by atoms with E-state index in [4.69, 9.17) is 62.3 Å². The molecular weight excluding hydrogens is 749 g/mol. The Bertz CT molecular complexity index is 1690. The Morgan fingerprint density at radius 1 is 0.509 bits per heavy atom. The molecule has 278 valence electrons. The normalized spacial score (nSPS) is 18.3. The van der Waals surface area contributed by atoms with Crippen LogP contribution in [-0.2, 0) is 33.8 Å². The molecule has 0 radical (unpaired) electrons. The molecule has 1 aliphatic carbocycles. The smallest absolute Gasteiger partial charge is 0.220 e. The van der Waals surface area contributed by atoms with E-state index in [1.807, 2.05) is 24.3 Å². The van der Waals surface area contributed by atoms with Crippen molar-refractivity contribution in [2.45, 2.75) is 17.6 Å². The highest BCUT2D eigenvalue weighted by Crippen LogP contribution is 2.56. The summed E-state index contributed by atoms with van der Waals surface area (Å²) in [6, 6.07) is 34.3. The molecular formula is C41H42O8S4. The molecule has 53 heavy (non-hydrogen) atoms.